The fourth-order valence-electron chi connectivity index (χ4n) is 0.644. The lowest BCUT2D eigenvalue weighted by atomic mass is 10.3. The Balaban J connectivity index is 5.51. The molecule has 0 saturated heterocycles. The highest BCUT2D eigenvalue weighted by Crippen LogP contribution is 2.50. The zero-order chi connectivity index (χ0) is 17.5. The molecule has 0 atom stereocenters. The monoisotopic (exact) mass is 348 g/mol. The Morgan fingerprint density at radius 2 is 1.00 bits per heavy atom. The van der Waals surface area contributed by atoms with Crippen LogP contribution in [0.4, 0.5) is 52.7 Å². The molecule has 3 nitrogen and oxygen atoms in total. The highest BCUT2D eigenvalue weighted by atomic mass is 19.4. The Morgan fingerprint density at radius 1 is 0.667 bits per heavy atom. The van der Waals surface area contributed by atoms with Gasteiger partial charge in [-0.3, -0.25) is 4.79 Å². The van der Waals surface area contributed by atoms with Crippen LogP contribution in [0.1, 0.15) is 0 Å². The minimum atomic E-state index is -7.34. The predicted molar refractivity (Wildman–Crippen MR) is 34.1 cm³/mol. The van der Waals surface area contributed by atoms with Crippen molar-refractivity contribution in [2.75, 3.05) is 0 Å². The molecule has 0 heterocycles. The van der Waals surface area contributed by atoms with E-state index in [0.717, 1.165) is 0 Å². The normalized spacial score (nSPS) is 15.2. The Labute approximate surface area is 105 Å². The molecule has 0 bridgehead atoms. The van der Waals surface area contributed by atoms with Gasteiger partial charge in [-0.05, 0) is 0 Å². The summed E-state index contributed by atoms with van der Waals surface area (Å²) in [6.45, 7) is 0. The second-order valence-electron chi connectivity index (χ2n) is 3.05. The quantitative estimate of drug-likeness (QED) is 0.545. The smallest absolute Gasteiger partial charge is 0.251 e. The first-order valence-corrected chi connectivity index (χ1v) is 4.04. The lowest BCUT2D eigenvalue weighted by molar-refractivity contribution is -0.520. The van der Waals surface area contributed by atoms with E-state index in [1.54, 1.807) is 4.74 Å². The summed E-state index contributed by atoms with van der Waals surface area (Å²) in [5.41, 5.74) is 0. The van der Waals surface area contributed by atoms with Crippen LogP contribution in [0.2, 0.25) is 0 Å². The minimum absolute atomic E-state index is 1.38. The first kappa shape index (κ1) is 19.8. The van der Waals surface area contributed by atoms with Gasteiger partial charge < -0.3 is 0 Å². The topological polar surface area (TPSA) is 35.5 Å². The second kappa shape index (κ2) is 5.19. The molecule has 0 spiro atoms. The number of halogens is 12. The Morgan fingerprint density at radius 3 is 1.29 bits per heavy atom. The van der Waals surface area contributed by atoms with Crippen molar-refractivity contribution >= 4 is 6.04 Å². The number of alkyl halides is 11. The summed E-state index contributed by atoms with van der Waals surface area (Å²) in [6.07, 6.45) is -27.1. The Bertz CT molecular complexity index is 398. The van der Waals surface area contributed by atoms with Gasteiger partial charge in [0, 0.05) is 0 Å². The zero-order valence-electron chi connectivity index (χ0n) is 8.76. The van der Waals surface area contributed by atoms with Crippen molar-refractivity contribution in [2.45, 2.75) is 30.6 Å². The van der Waals surface area contributed by atoms with Crippen molar-refractivity contribution < 1.29 is 67.0 Å². The van der Waals surface area contributed by atoms with E-state index in [1.807, 2.05) is 0 Å². The summed E-state index contributed by atoms with van der Waals surface area (Å²) in [4.78, 5) is 9.43. The average Bonchev–Trinajstić information content (AvgIpc) is 2.10. The molecule has 0 saturated carbocycles. The molecule has 0 aromatic rings. The minimum Gasteiger partial charge on any atom is -0.251 e. The van der Waals surface area contributed by atoms with Crippen LogP contribution in [-0.2, 0) is 14.3 Å². The molecule has 0 N–H and O–H groups in total. The van der Waals surface area contributed by atoms with Crippen LogP contribution in [0.25, 0.3) is 0 Å². The summed E-state index contributed by atoms with van der Waals surface area (Å²) < 4.78 is 147. The van der Waals surface area contributed by atoms with Gasteiger partial charge in [0.25, 0.3) is 0 Å². The molecule has 0 aromatic heterocycles. The number of hydrogen-bond acceptors (Lipinski definition) is 3. The summed E-state index contributed by atoms with van der Waals surface area (Å²) in [5, 5.41) is 0. The molecule has 0 aliphatic heterocycles. The maximum Gasteiger partial charge on any atom is 0.527 e. The molecule has 0 fully saturated rings. The van der Waals surface area contributed by atoms with Gasteiger partial charge in [0.05, 0.1) is 0 Å². The molecule has 21 heavy (non-hydrogen) atoms. The zero-order valence-corrected chi connectivity index (χ0v) is 8.76. The van der Waals surface area contributed by atoms with E-state index in [4.69, 9.17) is 0 Å². The maximum atomic E-state index is 12.5. The van der Waals surface area contributed by atoms with E-state index < -0.39 is 36.6 Å². The van der Waals surface area contributed by atoms with E-state index in [0.29, 0.717) is 0 Å². The highest BCUT2D eigenvalue weighted by Gasteiger charge is 2.78. The van der Waals surface area contributed by atoms with Gasteiger partial charge in [0.15, 0.2) is 0 Å². The van der Waals surface area contributed by atoms with Crippen LogP contribution in [0.3, 0.4) is 0 Å². The van der Waals surface area contributed by atoms with Gasteiger partial charge in [-0.2, -0.15) is 39.5 Å². The van der Waals surface area contributed by atoms with Crippen LogP contribution in [0, 0.1) is 0 Å². The molecule has 0 rings (SSSR count). The van der Waals surface area contributed by atoms with Crippen LogP contribution in [0.15, 0.2) is 0 Å². The standard InChI is InChI=1S/C6F12O3/c7-1(19)2(8,9)20-4(12,13)3(10,11)5(14,15)21-6(16,17)18. The number of carbonyl (C=O) groups excluding carboxylic acids is 1. The molecule has 0 amide bonds. The van der Waals surface area contributed by atoms with Gasteiger partial charge in [0.2, 0.25) is 0 Å². The number of ether oxygens (including phenoxy) is 2. The number of carbonyl (C=O) groups is 1. The van der Waals surface area contributed by atoms with Crippen molar-refractivity contribution in [1.29, 1.82) is 0 Å². The molecule has 0 radical (unpaired) electrons. The van der Waals surface area contributed by atoms with Crippen molar-refractivity contribution in [1.82, 2.24) is 0 Å². The van der Waals surface area contributed by atoms with Crippen molar-refractivity contribution in [3.05, 3.63) is 0 Å². The average molecular weight is 348 g/mol. The molecule has 0 unspecified atom stereocenters. The summed E-state index contributed by atoms with van der Waals surface area (Å²) in [7, 11) is 0. The van der Waals surface area contributed by atoms with Gasteiger partial charge >= 0.3 is 36.6 Å². The predicted octanol–water partition coefficient (Wildman–Crippen LogP) is 3.45. The Kier molecular flexibility index (Phi) is 4.88. The molecular weight excluding hydrogens is 348 g/mol. The van der Waals surface area contributed by atoms with Crippen molar-refractivity contribution in [3.63, 3.8) is 0 Å². The maximum absolute atomic E-state index is 12.5. The van der Waals surface area contributed by atoms with Gasteiger partial charge in [-0.15, -0.1) is 13.2 Å². The van der Waals surface area contributed by atoms with Gasteiger partial charge in [-0.1, -0.05) is 0 Å². The summed E-state index contributed by atoms with van der Waals surface area (Å²) in [5.74, 6) is -7.34. The Hall–Kier alpha value is -1.25. The third-order valence-corrected chi connectivity index (χ3v) is 1.46. The molecule has 126 valence electrons. The van der Waals surface area contributed by atoms with Crippen LogP contribution in [-0.4, -0.2) is 36.6 Å². The lowest BCUT2D eigenvalue weighted by Crippen LogP contribution is -2.60. The van der Waals surface area contributed by atoms with E-state index in [1.165, 1.54) is 4.74 Å². The first-order valence-electron chi connectivity index (χ1n) is 4.04. The van der Waals surface area contributed by atoms with Crippen molar-refractivity contribution in [2.24, 2.45) is 0 Å². The second-order valence-corrected chi connectivity index (χ2v) is 3.05. The third-order valence-electron chi connectivity index (χ3n) is 1.46. The molecular formula is C6F12O3. The highest BCUT2D eigenvalue weighted by molar-refractivity contribution is 5.74. The van der Waals surface area contributed by atoms with Gasteiger partial charge in [-0.25, -0.2) is 9.47 Å². The fourth-order valence-corrected chi connectivity index (χ4v) is 0.644. The third kappa shape index (κ3) is 4.36. The van der Waals surface area contributed by atoms with E-state index >= 15 is 0 Å². The van der Waals surface area contributed by atoms with E-state index in [-0.39, 0.29) is 0 Å². The van der Waals surface area contributed by atoms with Crippen LogP contribution < -0.4 is 0 Å². The van der Waals surface area contributed by atoms with Crippen molar-refractivity contribution in [3.8, 4) is 0 Å². The fraction of sp³-hybridized carbons (Fsp3) is 0.833. The largest absolute Gasteiger partial charge is 0.527 e. The molecule has 0 aromatic carbocycles. The molecule has 15 heteroatoms. The SMILES string of the molecule is O=C(F)C(F)(F)OC(F)(F)C(F)(F)C(F)(F)OC(F)(F)F. The molecule has 0 aliphatic rings. The molecule has 0 aliphatic carbocycles. The number of hydrogen-bond donors (Lipinski definition) is 0. The van der Waals surface area contributed by atoms with Crippen LogP contribution >= 0.6 is 0 Å². The van der Waals surface area contributed by atoms with Crippen LogP contribution in [0.5, 0.6) is 0 Å². The van der Waals surface area contributed by atoms with E-state index in [2.05, 4.69) is 0 Å². The first-order chi connectivity index (χ1) is 8.86. The van der Waals surface area contributed by atoms with Gasteiger partial charge in [0.1, 0.15) is 0 Å². The number of rotatable bonds is 6. The lowest BCUT2D eigenvalue weighted by Gasteiger charge is -2.32. The van der Waals surface area contributed by atoms with E-state index in [9.17, 15) is 57.5 Å². The summed E-state index contributed by atoms with van der Waals surface area (Å²) >= 11 is 0. The summed E-state index contributed by atoms with van der Waals surface area (Å²) in [6, 6.07) is -4.09.